The lowest BCUT2D eigenvalue weighted by Gasteiger charge is -2.32. The Labute approximate surface area is 194 Å². The highest BCUT2D eigenvalue weighted by molar-refractivity contribution is 7.78. The summed E-state index contributed by atoms with van der Waals surface area (Å²) in [6.45, 7) is 16.5. The van der Waals surface area contributed by atoms with Gasteiger partial charge in [0.15, 0.2) is 0 Å². The second-order valence-electron chi connectivity index (χ2n) is 9.01. The van der Waals surface area contributed by atoms with Gasteiger partial charge in [0.1, 0.15) is 11.8 Å². The normalized spacial score (nSPS) is 12.4. The zero-order chi connectivity index (χ0) is 24.1. The van der Waals surface area contributed by atoms with Crippen molar-refractivity contribution in [2.45, 2.75) is 67.5 Å². The molecule has 2 rings (SSSR count). The zero-order valence-electron chi connectivity index (χ0n) is 21.1. The summed E-state index contributed by atoms with van der Waals surface area (Å²) < 4.78 is 0. The number of amides is 2. The Morgan fingerprint density at radius 2 is 1.31 bits per heavy atom. The minimum Gasteiger partial charge on any atom is -0.322 e. The average Bonchev–Trinajstić information content (AvgIpc) is 2.73. The second kappa shape index (κ2) is 11.1. The van der Waals surface area contributed by atoms with Crippen LogP contribution in [0, 0.1) is 34.6 Å². The summed E-state index contributed by atoms with van der Waals surface area (Å²) in [6, 6.07) is 10.2. The number of rotatable bonds is 9. The van der Waals surface area contributed by atoms with Crippen LogP contribution in [-0.2, 0) is 9.59 Å². The first-order valence-corrected chi connectivity index (χ1v) is 14.1. The van der Waals surface area contributed by atoms with Crippen LogP contribution in [0.3, 0.4) is 0 Å². The second-order valence-corrected chi connectivity index (χ2v) is 13.7. The smallest absolute Gasteiger partial charge is 0.265 e. The van der Waals surface area contributed by atoms with E-state index in [1.807, 2.05) is 45.9 Å². The van der Waals surface area contributed by atoms with E-state index in [1.165, 1.54) is 5.56 Å². The van der Waals surface area contributed by atoms with Gasteiger partial charge >= 0.3 is 0 Å². The van der Waals surface area contributed by atoms with Crippen LogP contribution in [0.2, 0.25) is 0 Å². The Bertz CT molecular complexity index is 936. The van der Waals surface area contributed by atoms with Gasteiger partial charge in [-0.1, -0.05) is 42.8 Å². The van der Waals surface area contributed by atoms with Gasteiger partial charge in [0.05, 0.1) is 12.3 Å². The van der Waals surface area contributed by atoms with Crippen LogP contribution in [-0.4, -0.2) is 36.0 Å². The molecule has 0 aliphatic carbocycles. The maximum absolute atomic E-state index is 13.5. The molecule has 4 nitrogen and oxygen atoms in total. The number of anilines is 2. The van der Waals surface area contributed by atoms with Crippen LogP contribution in [0.4, 0.5) is 11.4 Å². The summed E-state index contributed by atoms with van der Waals surface area (Å²) in [5.41, 5.74) is 7.13. The number of nitrogens with one attached hydrogen (secondary N) is 2. The maximum atomic E-state index is 13.5. The van der Waals surface area contributed by atoms with Gasteiger partial charge in [0, 0.05) is 18.6 Å². The number of carbonyl (C=O) groups is 2. The highest BCUT2D eigenvalue weighted by Gasteiger charge is 2.47. The molecule has 0 fully saturated rings. The third kappa shape index (κ3) is 5.78. The van der Waals surface area contributed by atoms with Crippen molar-refractivity contribution in [3.63, 3.8) is 0 Å². The monoisotopic (exact) mass is 455 g/mol. The van der Waals surface area contributed by atoms with E-state index < -0.39 is 7.26 Å². The van der Waals surface area contributed by atoms with Gasteiger partial charge in [-0.15, -0.1) is 0 Å². The van der Waals surface area contributed by atoms with Crippen LogP contribution < -0.4 is 10.6 Å². The van der Waals surface area contributed by atoms with E-state index in [4.69, 9.17) is 0 Å². The van der Waals surface area contributed by atoms with Crippen LogP contribution in [0.25, 0.3) is 0 Å². The van der Waals surface area contributed by atoms with E-state index in [0.29, 0.717) is 6.16 Å². The molecule has 5 heteroatoms. The number of carbonyl (C=O) groups excluding carboxylic acids is 2. The Morgan fingerprint density at radius 3 is 1.78 bits per heavy atom. The van der Waals surface area contributed by atoms with E-state index >= 15 is 0 Å². The number of aryl methyl sites for hydroxylation is 5. The van der Waals surface area contributed by atoms with Gasteiger partial charge in [0.2, 0.25) is 0 Å². The first kappa shape index (κ1) is 26.1. The predicted molar refractivity (Wildman–Crippen MR) is 141 cm³/mol. The summed E-state index contributed by atoms with van der Waals surface area (Å²) in [6.07, 6.45) is 2.93. The molecular weight excluding hydrogens is 415 g/mol. The van der Waals surface area contributed by atoms with E-state index in [2.05, 4.69) is 50.5 Å². The Hall–Kier alpha value is -2.19. The summed E-state index contributed by atoms with van der Waals surface area (Å²) in [4.78, 5) is 26.7. The molecule has 0 spiro atoms. The van der Waals surface area contributed by atoms with Crippen molar-refractivity contribution in [1.29, 1.82) is 0 Å². The molecule has 174 valence electrons. The molecule has 2 amide bonds. The molecule has 0 aromatic heterocycles. The first-order chi connectivity index (χ1) is 15.1. The summed E-state index contributed by atoms with van der Waals surface area (Å²) in [7, 11) is -1.85. The van der Waals surface area contributed by atoms with Crippen LogP contribution in [0.5, 0.6) is 0 Å². The fraction of sp³-hybridized carbons (Fsp3) is 0.481. The lowest BCUT2D eigenvalue weighted by atomic mass is 10.0. The Morgan fingerprint density at radius 1 is 0.812 bits per heavy atom. The predicted octanol–water partition coefficient (Wildman–Crippen LogP) is 6.64. The van der Waals surface area contributed by atoms with Gasteiger partial charge < -0.3 is 10.6 Å². The van der Waals surface area contributed by atoms with E-state index in [1.54, 1.807) is 0 Å². The summed E-state index contributed by atoms with van der Waals surface area (Å²) in [5.74, 6) is 0.0767. The fourth-order valence-electron chi connectivity index (χ4n) is 4.88. The highest BCUT2D eigenvalue weighted by atomic mass is 31.2. The van der Waals surface area contributed by atoms with E-state index in [0.717, 1.165) is 52.4 Å². The molecule has 1 atom stereocenters. The molecule has 2 aromatic rings. The van der Waals surface area contributed by atoms with E-state index in [-0.39, 0.29) is 17.5 Å². The molecule has 1 unspecified atom stereocenters. The quantitative estimate of drug-likeness (QED) is 0.416. The van der Waals surface area contributed by atoms with Crippen molar-refractivity contribution >= 4 is 30.5 Å². The molecule has 2 N–H and O–H groups in total. The summed E-state index contributed by atoms with van der Waals surface area (Å²) in [5, 5.41) is 6.38. The minimum atomic E-state index is -1.85. The highest BCUT2D eigenvalue weighted by Crippen LogP contribution is 2.63. The third-order valence-electron chi connectivity index (χ3n) is 6.74. The Kier molecular flexibility index (Phi) is 9.04. The number of hydrogen-bond acceptors (Lipinski definition) is 2. The number of hydrogen-bond donors (Lipinski definition) is 2. The molecule has 0 saturated heterocycles. The standard InChI is InChI=1S/C27H39N2O2P/c1-9-23(27(31)29-26-21(7)15-18(4)16-22(26)8)32(10-2,11-3)17-24(30)28-25-19(5)13-12-14-20(25)6/h12-16,23H,9-11,17H2,1-8H3,(H-,28,29,30,31)/p+1. The lowest BCUT2D eigenvalue weighted by molar-refractivity contribution is -0.115. The fourth-order valence-corrected chi connectivity index (χ4v) is 8.86. The number of benzene rings is 2. The molecule has 0 saturated carbocycles. The van der Waals surface area contributed by atoms with Crippen LogP contribution in [0.1, 0.15) is 55.0 Å². The van der Waals surface area contributed by atoms with Crippen LogP contribution in [0.15, 0.2) is 30.3 Å². The molecule has 32 heavy (non-hydrogen) atoms. The van der Waals surface area contributed by atoms with Crippen molar-refractivity contribution in [2.75, 3.05) is 29.1 Å². The zero-order valence-corrected chi connectivity index (χ0v) is 22.0. The van der Waals surface area contributed by atoms with Crippen LogP contribution >= 0.6 is 7.26 Å². The molecule has 0 heterocycles. The van der Waals surface area contributed by atoms with Gasteiger partial charge in [-0.25, -0.2) is 0 Å². The first-order valence-electron chi connectivity index (χ1n) is 11.7. The van der Waals surface area contributed by atoms with Gasteiger partial charge in [0.25, 0.3) is 11.8 Å². The number of para-hydroxylation sites is 1. The molecule has 0 aliphatic heterocycles. The minimum absolute atomic E-state index is 0.0216. The van der Waals surface area contributed by atoms with Gasteiger partial charge in [-0.2, -0.15) is 0 Å². The maximum Gasteiger partial charge on any atom is 0.265 e. The molecule has 2 aromatic carbocycles. The van der Waals surface area contributed by atoms with Gasteiger partial charge in [-0.3, -0.25) is 9.59 Å². The third-order valence-corrected chi connectivity index (χ3v) is 12.1. The lowest BCUT2D eigenvalue weighted by Crippen LogP contribution is -2.36. The largest absolute Gasteiger partial charge is 0.322 e. The van der Waals surface area contributed by atoms with Crippen molar-refractivity contribution in [1.82, 2.24) is 0 Å². The average molecular weight is 456 g/mol. The SMILES string of the molecule is CCC(C(=O)Nc1c(C)cc(C)cc1C)[P+](CC)(CC)CC(=O)Nc1c(C)cccc1C. The molecule has 0 radical (unpaired) electrons. The van der Waals surface area contributed by atoms with E-state index in [9.17, 15) is 9.59 Å². The molecule has 0 bridgehead atoms. The molecular formula is C27H40N2O2P+. The van der Waals surface area contributed by atoms with Crippen molar-refractivity contribution in [2.24, 2.45) is 0 Å². The van der Waals surface area contributed by atoms with Crippen molar-refractivity contribution in [3.05, 3.63) is 58.1 Å². The topological polar surface area (TPSA) is 58.2 Å². The Balaban J connectivity index is 2.29. The van der Waals surface area contributed by atoms with Gasteiger partial charge in [-0.05, 0) is 77.1 Å². The summed E-state index contributed by atoms with van der Waals surface area (Å²) >= 11 is 0. The van der Waals surface area contributed by atoms with Crippen molar-refractivity contribution < 1.29 is 9.59 Å². The van der Waals surface area contributed by atoms with Crippen molar-refractivity contribution in [3.8, 4) is 0 Å². The molecule has 0 aliphatic rings.